The Morgan fingerprint density at radius 3 is 2.65 bits per heavy atom. The number of hydrogen-bond acceptors (Lipinski definition) is 3. The second-order valence-electron chi connectivity index (χ2n) is 3.65. The molecular formula is C12H18Cl2N2O. The molecule has 1 rings (SSSR count). The second-order valence-corrected chi connectivity index (χ2v) is 4.49. The van der Waals surface area contributed by atoms with Crippen molar-refractivity contribution >= 4 is 23.2 Å². The van der Waals surface area contributed by atoms with Crippen molar-refractivity contribution in [2.24, 2.45) is 5.73 Å². The number of likely N-dealkylation sites (N-methyl/N-ethyl adjacent to an activating group) is 1. The van der Waals surface area contributed by atoms with Gasteiger partial charge in [-0.3, -0.25) is 4.90 Å². The van der Waals surface area contributed by atoms with E-state index in [1.165, 1.54) is 0 Å². The van der Waals surface area contributed by atoms with Gasteiger partial charge in [-0.1, -0.05) is 30.1 Å². The van der Waals surface area contributed by atoms with Crippen LogP contribution < -0.4 is 10.5 Å². The standard InChI is InChI=1S/C12H18Cl2N2O/c1-2-16(6-5-15)7-8-17-12-4-3-10(13)9-11(12)14/h3-4,9H,2,5-8,15H2,1H3. The van der Waals surface area contributed by atoms with Crippen molar-refractivity contribution in [1.29, 1.82) is 0 Å². The van der Waals surface area contributed by atoms with E-state index in [0.29, 0.717) is 28.9 Å². The lowest BCUT2D eigenvalue weighted by Crippen LogP contribution is -2.32. The topological polar surface area (TPSA) is 38.5 Å². The van der Waals surface area contributed by atoms with E-state index < -0.39 is 0 Å². The molecule has 3 nitrogen and oxygen atoms in total. The number of hydrogen-bond donors (Lipinski definition) is 1. The molecular weight excluding hydrogens is 259 g/mol. The summed E-state index contributed by atoms with van der Waals surface area (Å²) in [6, 6.07) is 5.22. The number of rotatable bonds is 7. The molecule has 96 valence electrons. The maximum Gasteiger partial charge on any atom is 0.138 e. The molecule has 0 radical (unpaired) electrons. The largest absolute Gasteiger partial charge is 0.491 e. The molecule has 0 amide bonds. The summed E-state index contributed by atoms with van der Waals surface area (Å²) in [6.07, 6.45) is 0. The quantitative estimate of drug-likeness (QED) is 0.832. The van der Waals surface area contributed by atoms with Crippen LogP contribution in [0.3, 0.4) is 0 Å². The predicted octanol–water partition coefficient (Wildman–Crippen LogP) is 2.65. The maximum absolute atomic E-state index is 6.00. The van der Waals surface area contributed by atoms with Gasteiger partial charge in [0.1, 0.15) is 12.4 Å². The molecule has 5 heteroatoms. The highest BCUT2D eigenvalue weighted by molar-refractivity contribution is 6.35. The van der Waals surface area contributed by atoms with Crippen molar-refractivity contribution in [3.05, 3.63) is 28.2 Å². The second kappa shape index (κ2) is 7.77. The van der Waals surface area contributed by atoms with Crippen molar-refractivity contribution in [2.75, 3.05) is 32.8 Å². The summed E-state index contributed by atoms with van der Waals surface area (Å²) in [5.41, 5.74) is 5.51. The van der Waals surface area contributed by atoms with Gasteiger partial charge in [-0.05, 0) is 24.7 Å². The van der Waals surface area contributed by atoms with E-state index in [9.17, 15) is 0 Å². The minimum atomic E-state index is 0.541. The average Bonchev–Trinajstić information content (AvgIpc) is 2.30. The van der Waals surface area contributed by atoms with E-state index in [2.05, 4.69) is 11.8 Å². The van der Waals surface area contributed by atoms with Crippen molar-refractivity contribution < 1.29 is 4.74 Å². The Bertz CT molecular complexity index is 347. The number of benzene rings is 1. The highest BCUT2D eigenvalue weighted by Gasteiger charge is 2.04. The van der Waals surface area contributed by atoms with Gasteiger partial charge in [0, 0.05) is 24.7 Å². The summed E-state index contributed by atoms with van der Waals surface area (Å²) in [5.74, 6) is 0.667. The third-order valence-corrected chi connectivity index (χ3v) is 2.98. The van der Waals surface area contributed by atoms with Gasteiger partial charge in [0.25, 0.3) is 0 Å². The molecule has 0 saturated carbocycles. The highest BCUT2D eigenvalue weighted by Crippen LogP contribution is 2.27. The number of nitrogens with zero attached hydrogens (tertiary/aromatic N) is 1. The average molecular weight is 277 g/mol. The first-order valence-corrected chi connectivity index (χ1v) is 6.43. The first-order valence-electron chi connectivity index (χ1n) is 5.67. The summed E-state index contributed by atoms with van der Waals surface area (Å²) in [4.78, 5) is 2.23. The van der Waals surface area contributed by atoms with Crippen LogP contribution in [0.1, 0.15) is 6.92 Å². The minimum Gasteiger partial charge on any atom is -0.491 e. The van der Waals surface area contributed by atoms with Gasteiger partial charge >= 0.3 is 0 Å². The molecule has 0 fully saturated rings. The van der Waals surface area contributed by atoms with E-state index in [-0.39, 0.29) is 0 Å². The summed E-state index contributed by atoms with van der Waals surface area (Å²) < 4.78 is 5.60. The van der Waals surface area contributed by atoms with Crippen LogP contribution in [0.2, 0.25) is 10.0 Å². The molecule has 0 aromatic heterocycles. The van der Waals surface area contributed by atoms with Crippen molar-refractivity contribution in [3.8, 4) is 5.75 Å². The number of nitrogens with two attached hydrogens (primary N) is 1. The Labute approximate surface area is 112 Å². The van der Waals surface area contributed by atoms with Crippen LogP contribution in [0.25, 0.3) is 0 Å². The fraction of sp³-hybridized carbons (Fsp3) is 0.500. The van der Waals surface area contributed by atoms with Crippen molar-refractivity contribution in [2.45, 2.75) is 6.92 Å². The fourth-order valence-corrected chi connectivity index (χ4v) is 1.95. The molecule has 0 saturated heterocycles. The molecule has 0 atom stereocenters. The van der Waals surface area contributed by atoms with E-state index in [1.807, 2.05) is 0 Å². The Balaban J connectivity index is 2.39. The van der Waals surface area contributed by atoms with Gasteiger partial charge in [0.15, 0.2) is 0 Å². The lowest BCUT2D eigenvalue weighted by atomic mass is 10.3. The van der Waals surface area contributed by atoms with Gasteiger partial charge in [-0.2, -0.15) is 0 Å². The smallest absolute Gasteiger partial charge is 0.138 e. The molecule has 0 aliphatic carbocycles. The monoisotopic (exact) mass is 276 g/mol. The SMILES string of the molecule is CCN(CCN)CCOc1ccc(Cl)cc1Cl. The van der Waals surface area contributed by atoms with Crippen LogP contribution in [-0.4, -0.2) is 37.7 Å². The van der Waals surface area contributed by atoms with Gasteiger partial charge in [-0.15, -0.1) is 0 Å². The summed E-state index contributed by atoms with van der Waals surface area (Å²) >= 11 is 11.8. The Hall–Kier alpha value is -0.480. The number of halogens is 2. The molecule has 0 heterocycles. The minimum absolute atomic E-state index is 0.541. The third kappa shape index (κ3) is 5.13. The van der Waals surface area contributed by atoms with Crippen LogP contribution in [0.4, 0.5) is 0 Å². The lowest BCUT2D eigenvalue weighted by molar-refractivity contribution is 0.219. The van der Waals surface area contributed by atoms with E-state index in [1.54, 1.807) is 18.2 Å². The molecule has 2 N–H and O–H groups in total. The van der Waals surface area contributed by atoms with Crippen LogP contribution >= 0.6 is 23.2 Å². The van der Waals surface area contributed by atoms with Crippen molar-refractivity contribution in [1.82, 2.24) is 4.90 Å². The number of ether oxygens (including phenoxy) is 1. The first kappa shape index (κ1) is 14.6. The Kier molecular flexibility index (Phi) is 6.66. The normalized spacial score (nSPS) is 10.9. The molecule has 0 unspecified atom stereocenters. The molecule has 0 aliphatic heterocycles. The Morgan fingerprint density at radius 2 is 2.06 bits per heavy atom. The van der Waals surface area contributed by atoms with Gasteiger partial charge < -0.3 is 10.5 Å². The zero-order valence-corrected chi connectivity index (χ0v) is 11.5. The van der Waals surface area contributed by atoms with Crippen LogP contribution in [0, 0.1) is 0 Å². The lowest BCUT2D eigenvalue weighted by Gasteiger charge is -2.19. The molecule has 0 aliphatic rings. The summed E-state index contributed by atoms with van der Waals surface area (Å²) in [7, 11) is 0. The zero-order valence-electron chi connectivity index (χ0n) is 9.96. The third-order valence-electron chi connectivity index (χ3n) is 2.45. The molecule has 17 heavy (non-hydrogen) atoms. The van der Waals surface area contributed by atoms with Crippen LogP contribution in [0.5, 0.6) is 5.75 Å². The first-order chi connectivity index (χ1) is 8.17. The van der Waals surface area contributed by atoms with Gasteiger partial charge in [-0.25, -0.2) is 0 Å². The van der Waals surface area contributed by atoms with Crippen LogP contribution in [-0.2, 0) is 0 Å². The zero-order chi connectivity index (χ0) is 12.7. The van der Waals surface area contributed by atoms with E-state index >= 15 is 0 Å². The predicted molar refractivity (Wildman–Crippen MR) is 73.1 cm³/mol. The maximum atomic E-state index is 6.00. The summed E-state index contributed by atoms with van der Waals surface area (Å²) in [5, 5.41) is 1.15. The van der Waals surface area contributed by atoms with E-state index in [4.69, 9.17) is 33.7 Å². The summed E-state index contributed by atoms with van der Waals surface area (Å²) in [6.45, 7) is 6.05. The van der Waals surface area contributed by atoms with Gasteiger partial charge in [0.2, 0.25) is 0 Å². The van der Waals surface area contributed by atoms with Crippen molar-refractivity contribution in [3.63, 3.8) is 0 Å². The van der Waals surface area contributed by atoms with Gasteiger partial charge in [0.05, 0.1) is 5.02 Å². The molecule has 0 spiro atoms. The molecule has 1 aromatic carbocycles. The van der Waals surface area contributed by atoms with E-state index in [0.717, 1.165) is 19.6 Å². The van der Waals surface area contributed by atoms with Crippen LogP contribution in [0.15, 0.2) is 18.2 Å². The molecule has 1 aromatic rings. The highest BCUT2D eigenvalue weighted by atomic mass is 35.5. The Morgan fingerprint density at radius 1 is 1.29 bits per heavy atom. The fourth-order valence-electron chi connectivity index (χ4n) is 1.49. The molecule has 0 bridgehead atoms.